The Morgan fingerprint density at radius 2 is 0.769 bits per heavy atom. The lowest BCUT2D eigenvalue weighted by atomic mass is 9.82. The maximum absolute atomic E-state index is 13.7. The van der Waals surface area contributed by atoms with Gasteiger partial charge in [0, 0.05) is 11.1 Å². The summed E-state index contributed by atoms with van der Waals surface area (Å²) in [4.78, 5) is 21.1. The molecule has 0 aliphatic rings. The number of aliphatic carboxylic acids is 2. The molecule has 0 bridgehead atoms. The standard InChI is InChI=1S/C10H4F12O4/c11-5(12)7(15,9(17,18)19)1(3(23)24)2(4(25)26)8(16,6(13)14)10(20,21)22/h5-6H,(H,23,24)(H,25,26)/p-2. The third-order valence-electron chi connectivity index (χ3n) is 2.81. The molecular weight excluding hydrogens is 412 g/mol. The van der Waals surface area contributed by atoms with Gasteiger partial charge in [0.25, 0.3) is 24.2 Å². The summed E-state index contributed by atoms with van der Waals surface area (Å²) in [6.07, 6.45) is -25.7. The smallest absolute Gasteiger partial charge is 0.432 e. The average molecular weight is 414 g/mol. The molecule has 2 atom stereocenters. The molecule has 4 nitrogen and oxygen atoms in total. The maximum Gasteiger partial charge on any atom is 0.432 e. The van der Waals surface area contributed by atoms with Crippen molar-refractivity contribution in [2.45, 2.75) is 36.5 Å². The first-order valence-electron chi connectivity index (χ1n) is 5.53. The predicted molar refractivity (Wildman–Crippen MR) is 48.8 cm³/mol. The number of carbonyl (C=O) groups is 2. The number of carboxylic acid groups (broad SMARTS) is 2. The van der Waals surface area contributed by atoms with Crippen LogP contribution in [0.4, 0.5) is 52.7 Å². The highest BCUT2D eigenvalue weighted by molar-refractivity contribution is 6.00. The topological polar surface area (TPSA) is 80.3 Å². The van der Waals surface area contributed by atoms with Crippen LogP contribution < -0.4 is 10.2 Å². The first kappa shape index (κ1) is 23.8. The van der Waals surface area contributed by atoms with Crippen molar-refractivity contribution in [3.05, 3.63) is 11.1 Å². The van der Waals surface area contributed by atoms with E-state index in [2.05, 4.69) is 0 Å². The van der Waals surface area contributed by atoms with Crippen LogP contribution in [0.25, 0.3) is 0 Å². The van der Waals surface area contributed by atoms with Crippen molar-refractivity contribution in [3.63, 3.8) is 0 Å². The van der Waals surface area contributed by atoms with E-state index in [0.29, 0.717) is 0 Å². The van der Waals surface area contributed by atoms with Crippen molar-refractivity contribution in [2.24, 2.45) is 0 Å². The van der Waals surface area contributed by atoms with Crippen molar-refractivity contribution < 1.29 is 72.5 Å². The van der Waals surface area contributed by atoms with Gasteiger partial charge in [-0.25, -0.2) is 26.3 Å². The summed E-state index contributed by atoms with van der Waals surface area (Å²) in [6, 6.07) is 0. The van der Waals surface area contributed by atoms with Gasteiger partial charge in [-0.3, -0.25) is 0 Å². The number of rotatable bonds is 6. The van der Waals surface area contributed by atoms with E-state index in [1.807, 2.05) is 0 Å². The molecule has 16 heteroatoms. The summed E-state index contributed by atoms with van der Waals surface area (Å²) in [5, 5.41) is 21.1. The fourth-order valence-electron chi connectivity index (χ4n) is 1.61. The van der Waals surface area contributed by atoms with E-state index in [0.717, 1.165) is 0 Å². The quantitative estimate of drug-likeness (QED) is 0.477. The molecule has 0 aliphatic heterocycles. The molecule has 0 N–H and O–H groups in total. The van der Waals surface area contributed by atoms with E-state index in [1.165, 1.54) is 0 Å². The number of alkyl halides is 12. The van der Waals surface area contributed by atoms with Crippen molar-refractivity contribution in [1.82, 2.24) is 0 Å². The molecule has 0 amide bonds. The van der Waals surface area contributed by atoms with Crippen LogP contribution in [0.2, 0.25) is 0 Å². The van der Waals surface area contributed by atoms with Crippen LogP contribution in [0.1, 0.15) is 0 Å². The second-order valence-electron chi connectivity index (χ2n) is 4.35. The van der Waals surface area contributed by atoms with Crippen LogP contribution in [0.5, 0.6) is 0 Å². The van der Waals surface area contributed by atoms with Gasteiger partial charge < -0.3 is 19.8 Å². The third kappa shape index (κ3) is 3.53. The summed E-state index contributed by atoms with van der Waals surface area (Å²) in [7, 11) is 0. The minimum Gasteiger partial charge on any atom is -0.545 e. The van der Waals surface area contributed by atoms with Crippen LogP contribution in [-0.4, -0.2) is 48.5 Å². The molecule has 0 spiro atoms. The Balaban J connectivity index is 7.58. The zero-order valence-corrected chi connectivity index (χ0v) is 11.3. The highest BCUT2D eigenvalue weighted by Gasteiger charge is 2.71. The Morgan fingerprint density at radius 3 is 0.846 bits per heavy atom. The van der Waals surface area contributed by atoms with E-state index in [9.17, 15) is 72.5 Å². The number of hydrogen-bond acceptors (Lipinski definition) is 4. The monoisotopic (exact) mass is 414 g/mol. The highest BCUT2D eigenvalue weighted by atomic mass is 19.4. The lowest BCUT2D eigenvalue weighted by Crippen LogP contribution is -2.60. The molecule has 0 aromatic rings. The van der Waals surface area contributed by atoms with Gasteiger partial charge in [-0.05, 0) is 0 Å². The van der Waals surface area contributed by atoms with Crippen LogP contribution in [0, 0.1) is 0 Å². The molecule has 0 radical (unpaired) electrons. The van der Waals surface area contributed by atoms with Crippen molar-refractivity contribution in [1.29, 1.82) is 0 Å². The normalized spacial score (nSPS) is 19.0. The van der Waals surface area contributed by atoms with E-state index in [1.54, 1.807) is 0 Å². The van der Waals surface area contributed by atoms with E-state index >= 15 is 0 Å². The number of carbonyl (C=O) groups excluding carboxylic acids is 2. The number of halogens is 12. The molecule has 0 heterocycles. The first-order valence-corrected chi connectivity index (χ1v) is 5.53. The van der Waals surface area contributed by atoms with Gasteiger partial charge in [-0.15, -0.1) is 0 Å². The Kier molecular flexibility index (Phi) is 6.29. The Morgan fingerprint density at radius 1 is 0.577 bits per heavy atom. The molecule has 0 aliphatic carbocycles. The Bertz CT molecular complexity index is 554. The SMILES string of the molecule is O=C([O-])C(=C(C(=O)[O-])C(F)(C(F)F)C(F)(F)F)C(F)(C(F)F)C(F)(F)F. The molecular formula is C10H2F12O4-2. The molecule has 0 saturated heterocycles. The summed E-state index contributed by atoms with van der Waals surface area (Å²) < 4.78 is 152. The molecule has 2 unspecified atom stereocenters. The van der Waals surface area contributed by atoms with Crippen molar-refractivity contribution >= 4 is 11.9 Å². The second-order valence-corrected chi connectivity index (χ2v) is 4.35. The maximum atomic E-state index is 13.7. The van der Waals surface area contributed by atoms with Crippen LogP contribution in [0.3, 0.4) is 0 Å². The molecule has 0 aromatic heterocycles. The van der Waals surface area contributed by atoms with Gasteiger partial charge in [0.15, 0.2) is 0 Å². The second kappa shape index (κ2) is 6.86. The summed E-state index contributed by atoms with van der Waals surface area (Å²) >= 11 is 0. The lowest BCUT2D eigenvalue weighted by molar-refractivity contribution is -0.318. The Hall–Kier alpha value is -2.16. The zero-order chi connectivity index (χ0) is 21.5. The minimum atomic E-state index is -7.19. The van der Waals surface area contributed by atoms with Gasteiger partial charge in [-0.1, -0.05) is 0 Å². The average Bonchev–Trinajstić information content (AvgIpc) is 2.38. The minimum absolute atomic E-state index is 4.07. The lowest BCUT2D eigenvalue weighted by Gasteiger charge is -2.37. The molecule has 0 saturated carbocycles. The van der Waals surface area contributed by atoms with Crippen molar-refractivity contribution in [3.8, 4) is 0 Å². The number of hydrogen-bond donors (Lipinski definition) is 0. The summed E-state index contributed by atoms with van der Waals surface area (Å²) in [6.45, 7) is 0. The largest absolute Gasteiger partial charge is 0.545 e. The van der Waals surface area contributed by atoms with E-state index in [-0.39, 0.29) is 0 Å². The van der Waals surface area contributed by atoms with Crippen molar-refractivity contribution in [2.75, 3.05) is 0 Å². The van der Waals surface area contributed by atoms with E-state index < -0.39 is 59.6 Å². The van der Waals surface area contributed by atoms with Crippen LogP contribution in [-0.2, 0) is 9.59 Å². The third-order valence-corrected chi connectivity index (χ3v) is 2.81. The van der Waals surface area contributed by atoms with Gasteiger partial charge >= 0.3 is 12.4 Å². The first-order chi connectivity index (χ1) is 11.3. The van der Waals surface area contributed by atoms with E-state index in [4.69, 9.17) is 0 Å². The van der Waals surface area contributed by atoms with Crippen LogP contribution in [0.15, 0.2) is 11.1 Å². The Labute approximate surface area is 133 Å². The fraction of sp³-hybridized carbons (Fsp3) is 0.600. The van der Waals surface area contributed by atoms with Gasteiger partial charge in [0.1, 0.15) is 0 Å². The molecule has 152 valence electrons. The molecule has 0 aromatic carbocycles. The predicted octanol–water partition coefficient (Wildman–Crippen LogP) is 0.854. The molecule has 0 rings (SSSR count). The molecule has 0 fully saturated rings. The number of carboxylic acids is 2. The van der Waals surface area contributed by atoms with Gasteiger partial charge in [0.05, 0.1) is 11.9 Å². The molecule has 26 heavy (non-hydrogen) atoms. The zero-order valence-electron chi connectivity index (χ0n) is 11.3. The fourth-order valence-corrected chi connectivity index (χ4v) is 1.61. The summed E-state index contributed by atoms with van der Waals surface area (Å²) in [5.74, 6) is -8.15. The summed E-state index contributed by atoms with van der Waals surface area (Å²) in [5.41, 5.74) is -22.1. The highest BCUT2D eigenvalue weighted by Crippen LogP contribution is 2.51. The van der Waals surface area contributed by atoms with Gasteiger partial charge in [-0.2, -0.15) is 26.3 Å². The van der Waals surface area contributed by atoms with Gasteiger partial charge in [0.2, 0.25) is 0 Å². The van der Waals surface area contributed by atoms with Crippen LogP contribution >= 0.6 is 0 Å².